The summed E-state index contributed by atoms with van der Waals surface area (Å²) in [5, 5.41) is 2.82. The fourth-order valence-electron chi connectivity index (χ4n) is 3.61. The standard InChI is InChI=1S/C23H26N2O5/c1-5-24-23(27)18-14-16-8-6-7-9-17(16)25(18)21(26)11-10-15-12-19(28-2)22(30-4)20(13-15)29-3/h6-13,18H,5,14H2,1-4H3,(H,24,27)/b11-10-/t18-/m1/s1. The highest BCUT2D eigenvalue weighted by Gasteiger charge is 2.37. The van der Waals surface area contributed by atoms with Crippen LogP contribution in [0, 0.1) is 0 Å². The van der Waals surface area contributed by atoms with Gasteiger partial charge in [-0.15, -0.1) is 0 Å². The molecule has 2 amide bonds. The number of carbonyl (C=O) groups is 2. The second kappa shape index (κ2) is 9.35. The Morgan fingerprint density at radius 1 is 1.10 bits per heavy atom. The van der Waals surface area contributed by atoms with Gasteiger partial charge in [0.2, 0.25) is 11.7 Å². The van der Waals surface area contributed by atoms with Gasteiger partial charge in [0.05, 0.1) is 21.3 Å². The molecule has 1 aliphatic rings. The zero-order chi connectivity index (χ0) is 21.7. The molecule has 1 heterocycles. The lowest BCUT2D eigenvalue weighted by molar-refractivity contribution is -0.124. The zero-order valence-electron chi connectivity index (χ0n) is 17.6. The van der Waals surface area contributed by atoms with Crippen LogP contribution in [0.1, 0.15) is 18.1 Å². The van der Waals surface area contributed by atoms with Gasteiger partial charge in [-0.3, -0.25) is 14.5 Å². The van der Waals surface area contributed by atoms with Crippen molar-refractivity contribution in [3.8, 4) is 17.2 Å². The highest BCUT2D eigenvalue weighted by atomic mass is 16.5. The molecular weight excluding hydrogens is 384 g/mol. The molecule has 0 bridgehead atoms. The van der Waals surface area contributed by atoms with Gasteiger partial charge in [0, 0.05) is 24.7 Å². The molecule has 0 fully saturated rings. The summed E-state index contributed by atoms with van der Waals surface area (Å²) >= 11 is 0. The number of likely N-dealkylation sites (N-methyl/N-ethyl adjacent to an activating group) is 1. The van der Waals surface area contributed by atoms with Gasteiger partial charge in [0.15, 0.2) is 11.5 Å². The van der Waals surface area contributed by atoms with E-state index in [2.05, 4.69) is 5.32 Å². The minimum Gasteiger partial charge on any atom is -0.493 e. The first-order valence-corrected chi connectivity index (χ1v) is 9.70. The largest absolute Gasteiger partial charge is 0.493 e. The van der Waals surface area contributed by atoms with Gasteiger partial charge in [-0.05, 0) is 42.3 Å². The van der Waals surface area contributed by atoms with Crippen LogP contribution in [0.5, 0.6) is 17.2 Å². The monoisotopic (exact) mass is 410 g/mol. The molecule has 1 atom stereocenters. The summed E-state index contributed by atoms with van der Waals surface area (Å²) in [5.41, 5.74) is 2.44. The van der Waals surface area contributed by atoms with Crippen molar-refractivity contribution in [1.29, 1.82) is 0 Å². The number of carbonyl (C=O) groups excluding carboxylic acids is 2. The summed E-state index contributed by atoms with van der Waals surface area (Å²) in [6.07, 6.45) is 3.61. The quantitative estimate of drug-likeness (QED) is 0.711. The van der Waals surface area contributed by atoms with E-state index in [0.717, 1.165) is 11.3 Å². The fourth-order valence-corrected chi connectivity index (χ4v) is 3.61. The number of nitrogens with one attached hydrogen (secondary N) is 1. The van der Waals surface area contributed by atoms with Crippen molar-refractivity contribution < 1.29 is 23.8 Å². The molecule has 0 saturated carbocycles. The van der Waals surface area contributed by atoms with Crippen molar-refractivity contribution in [1.82, 2.24) is 5.32 Å². The average Bonchev–Trinajstić information content (AvgIpc) is 3.16. The molecule has 7 nitrogen and oxygen atoms in total. The van der Waals surface area contributed by atoms with Gasteiger partial charge in [-0.25, -0.2) is 0 Å². The lowest BCUT2D eigenvalue weighted by atomic mass is 10.1. The van der Waals surface area contributed by atoms with Gasteiger partial charge < -0.3 is 19.5 Å². The molecular formula is C23H26N2O5. The molecule has 0 unspecified atom stereocenters. The molecule has 2 aromatic carbocycles. The number of hydrogen-bond donors (Lipinski definition) is 1. The highest BCUT2D eigenvalue weighted by Crippen LogP contribution is 2.38. The van der Waals surface area contributed by atoms with E-state index < -0.39 is 6.04 Å². The molecule has 1 aliphatic heterocycles. The first-order valence-electron chi connectivity index (χ1n) is 9.70. The van der Waals surface area contributed by atoms with Crippen LogP contribution < -0.4 is 24.4 Å². The SMILES string of the molecule is CCNC(=O)[C@H]1Cc2ccccc2N1C(=O)/C=C\c1cc(OC)c(OC)c(OC)c1. The normalized spacial score (nSPS) is 15.1. The van der Waals surface area contributed by atoms with Crippen molar-refractivity contribution >= 4 is 23.6 Å². The minimum atomic E-state index is -0.570. The predicted molar refractivity (Wildman–Crippen MR) is 115 cm³/mol. The summed E-state index contributed by atoms with van der Waals surface area (Å²) in [4.78, 5) is 27.2. The number of methoxy groups -OCH3 is 3. The summed E-state index contributed by atoms with van der Waals surface area (Å²) in [6, 6.07) is 10.5. The Balaban J connectivity index is 1.91. The number of ether oxygens (including phenoxy) is 3. The van der Waals surface area contributed by atoms with Gasteiger partial charge >= 0.3 is 0 Å². The smallest absolute Gasteiger partial charge is 0.251 e. The molecule has 30 heavy (non-hydrogen) atoms. The minimum absolute atomic E-state index is 0.164. The summed E-state index contributed by atoms with van der Waals surface area (Å²) in [7, 11) is 4.60. The first kappa shape index (κ1) is 21.2. The Hall–Kier alpha value is -3.48. The van der Waals surface area contributed by atoms with Crippen LogP contribution in [0.3, 0.4) is 0 Å². The lowest BCUT2D eigenvalue weighted by Crippen LogP contribution is -2.47. The van der Waals surface area contributed by atoms with E-state index in [9.17, 15) is 9.59 Å². The molecule has 7 heteroatoms. The van der Waals surface area contributed by atoms with Crippen molar-refractivity contribution in [3.05, 3.63) is 53.6 Å². The predicted octanol–water partition coefficient (Wildman–Crippen LogP) is 2.82. The third-order valence-electron chi connectivity index (χ3n) is 4.97. The number of rotatable bonds is 7. The van der Waals surface area contributed by atoms with Crippen molar-refractivity contribution in [3.63, 3.8) is 0 Å². The van der Waals surface area contributed by atoms with Gasteiger partial charge in [0.25, 0.3) is 5.91 Å². The second-order valence-corrected chi connectivity index (χ2v) is 6.74. The second-order valence-electron chi connectivity index (χ2n) is 6.74. The Bertz CT molecular complexity index is 945. The maximum absolute atomic E-state index is 13.1. The van der Waals surface area contributed by atoms with E-state index in [1.54, 1.807) is 23.1 Å². The molecule has 2 aromatic rings. The Morgan fingerprint density at radius 3 is 2.37 bits per heavy atom. The zero-order valence-corrected chi connectivity index (χ0v) is 17.6. The van der Waals surface area contributed by atoms with Crippen LogP contribution in [0.15, 0.2) is 42.5 Å². The van der Waals surface area contributed by atoms with Crippen molar-refractivity contribution in [2.75, 3.05) is 32.8 Å². The van der Waals surface area contributed by atoms with Crippen LogP contribution in [0.4, 0.5) is 5.69 Å². The van der Waals surface area contributed by atoms with E-state index in [-0.39, 0.29) is 11.8 Å². The number of para-hydroxylation sites is 1. The van der Waals surface area contributed by atoms with Crippen LogP contribution in [-0.2, 0) is 16.0 Å². The molecule has 0 radical (unpaired) electrons. The summed E-state index contributed by atoms with van der Waals surface area (Å²) < 4.78 is 16.1. The highest BCUT2D eigenvalue weighted by molar-refractivity contribution is 6.10. The van der Waals surface area contributed by atoms with E-state index in [1.807, 2.05) is 31.2 Å². The van der Waals surface area contributed by atoms with E-state index >= 15 is 0 Å². The maximum Gasteiger partial charge on any atom is 0.251 e. The Kier molecular flexibility index (Phi) is 6.61. The number of fused-ring (bicyclic) bond motifs is 1. The lowest BCUT2D eigenvalue weighted by Gasteiger charge is -2.23. The summed E-state index contributed by atoms with van der Waals surface area (Å²) in [6.45, 7) is 2.37. The van der Waals surface area contributed by atoms with E-state index in [4.69, 9.17) is 14.2 Å². The van der Waals surface area contributed by atoms with Gasteiger partial charge in [-0.1, -0.05) is 18.2 Å². The van der Waals surface area contributed by atoms with Crippen molar-refractivity contribution in [2.45, 2.75) is 19.4 Å². The van der Waals surface area contributed by atoms with Gasteiger partial charge in [0.1, 0.15) is 6.04 Å². The number of amides is 2. The average molecular weight is 410 g/mol. The maximum atomic E-state index is 13.1. The Morgan fingerprint density at radius 2 is 1.77 bits per heavy atom. The summed E-state index contributed by atoms with van der Waals surface area (Å²) in [5.74, 6) is 1.03. The number of hydrogen-bond acceptors (Lipinski definition) is 5. The number of anilines is 1. The molecule has 0 aliphatic carbocycles. The molecule has 0 aromatic heterocycles. The van der Waals surface area contributed by atoms with Crippen LogP contribution >= 0.6 is 0 Å². The van der Waals surface area contributed by atoms with Crippen molar-refractivity contribution in [2.24, 2.45) is 0 Å². The van der Waals surface area contributed by atoms with Crippen LogP contribution in [-0.4, -0.2) is 45.7 Å². The molecule has 0 saturated heterocycles. The van der Waals surface area contributed by atoms with Crippen LogP contribution in [0.2, 0.25) is 0 Å². The first-order chi connectivity index (χ1) is 14.5. The van der Waals surface area contributed by atoms with Gasteiger partial charge in [-0.2, -0.15) is 0 Å². The molecule has 158 valence electrons. The number of nitrogens with zero attached hydrogens (tertiary/aromatic N) is 1. The third kappa shape index (κ3) is 4.10. The number of benzene rings is 2. The molecule has 0 spiro atoms. The molecule has 3 rings (SSSR count). The topological polar surface area (TPSA) is 77.1 Å². The molecule has 1 N–H and O–H groups in total. The van der Waals surface area contributed by atoms with Crippen LogP contribution in [0.25, 0.3) is 6.08 Å². The van der Waals surface area contributed by atoms with E-state index in [1.165, 1.54) is 27.4 Å². The van der Waals surface area contributed by atoms with E-state index in [0.29, 0.717) is 35.8 Å². The Labute approximate surface area is 176 Å². The third-order valence-corrected chi connectivity index (χ3v) is 4.97. The fraction of sp³-hybridized carbons (Fsp3) is 0.304.